The van der Waals surface area contributed by atoms with Crippen molar-refractivity contribution in [2.75, 3.05) is 5.32 Å². The molecule has 1 aromatic heterocycles. The maximum atomic E-state index is 13.4. The highest BCUT2D eigenvalue weighted by Gasteiger charge is 2.28. The Bertz CT molecular complexity index is 943. The lowest BCUT2D eigenvalue weighted by molar-refractivity contribution is -0.125. The maximum Gasteiger partial charge on any atom is 0.255 e. The van der Waals surface area contributed by atoms with Gasteiger partial charge in [0.2, 0.25) is 11.7 Å². The van der Waals surface area contributed by atoms with E-state index in [1.54, 1.807) is 0 Å². The molecule has 1 unspecified atom stereocenters. The Hall–Kier alpha value is -2.77. The zero-order valence-corrected chi connectivity index (χ0v) is 23.8. The van der Waals surface area contributed by atoms with E-state index in [1.165, 1.54) is 63.1 Å². The molecule has 1 aromatic carbocycles. The van der Waals surface area contributed by atoms with Crippen LogP contribution in [0.1, 0.15) is 141 Å². The molecule has 0 saturated carbocycles. The molecule has 0 aliphatic rings. The third kappa shape index (κ3) is 10.3. The number of nitrogens with one attached hydrogen (secondary N) is 2. The molecule has 2 N–H and O–H groups in total. The van der Waals surface area contributed by atoms with Crippen LogP contribution in [-0.4, -0.2) is 32.0 Å². The Morgan fingerprint density at radius 2 is 1.41 bits per heavy atom. The molecular formula is C29H48N6O2. The number of benzene rings is 1. The van der Waals surface area contributed by atoms with Gasteiger partial charge in [-0.1, -0.05) is 111 Å². The molecule has 0 saturated heterocycles. The molecule has 1 heterocycles. The lowest BCUT2D eigenvalue weighted by Gasteiger charge is -2.22. The third-order valence-corrected chi connectivity index (χ3v) is 6.67. The fourth-order valence-corrected chi connectivity index (χ4v) is 4.55. The number of rotatable bonds is 17. The van der Waals surface area contributed by atoms with Crippen LogP contribution in [-0.2, 0) is 16.1 Å². The summed E-state index contributed by atoms with van der Waals surface area (Å²) in [4.78, 5) is 26.9. The first-order valence-electron chi connectivity index (χ1n) is 14.2. The summed E-state index contributed by atoms with van der Waals surface area (Å²) in [6.07, 6.45) is 12.5. The van der Waals surface area contributed by atoms with Crippen molar-refractivity contribution >= 4 is 17.5 Å². The number of para-hydroxylation sites is 1. The van der Waals surface area contributed by atoms with Gasteiger partial charge in [0.1, 0.15) is 0 Å². The van der Waals surface area contributed by atoms with E-state index in [0.29, 0.717) is 6.54 Å². The van der Waals surface area contributed by atoms with E-state index in [-0.39, 0.29) is 29.5 Å². The molecule has 0 aliphatic carbocycles. The van der Waals surface area contributed by atoms with Crippen LogP contribution in [0.3, 0.4) is 0 Å². The van der Waals surface area contributed by atoms with Gasteiger partial charge >= 0.3 is 0 Å². The summed E-state index contributed by atoms with van der Waals surface area (Å²) in [5, 5.41) is 18.5. The maximum absolute atomic E-state index is 13.4. The second kappa shape index (κ2) is 16.2. The van der Waals surface area contributed by atoms with E-state index >= 15 is 0 Å². The van der Waals surface area contributed by atoms with Crippen LogP contribution in [0.15, 0.2) is 18.2 Å². The molecular weight excluding hydrogens is 464 g/mol. The van der Waals surface area contributed by atoms with Crippen LogP contribution in [0.5, 0.6) is 0 Å². The van der Waals surface area contributed by atoms with Crippen LogP contribution in [0.25, 0.3) is 0 Å². The Balaban J connectivity index is 1.98. The minimum absolute atomic E-state index is 0.202. The van der Waals surface area contributed by atoms with Crippen LogP contribution in [0, 0.1) is 0 Å². The molecule has 1 atom stereocenters. The normalized spacial score (nSPS) is 12.2. The van der Waals surface area contributed by atoms with E-state index in [4.69, 9.17) is 0 Å². The first kappa shape index (κ1) is 30.5. The molecule has 8 nitrogen and oxygen atoms in total. The van der Waals surface area contributed by atoms with E-state index in [1.807, 2.05) is 18.2 Å². The predicted molar refractivity (Wildman–Crippen MR) is 149 cm³/mol. The molecule has 2 amide bonds. The number of anilines is 1. The minimum Gasteiger partial charge on any atom is -0.338 e. The zero-order chi connectivity index (χ0) is 27.2. The van der Waals surface area contributed by atoms with Gasteiger partial charge in [0.25, 0.3) is 5.91 Å². The lowest BCUT2D eigenvalue weighted by atomic mass is 9.92. The number of aryl methyl sites for hydroxylation is 1. The first-order valence-corrected chi connectivity index (χ1v) is 14.2. The summed E-state index contributed by atoms with van der Waals surface area (Å²) in [5.41, 5.74) is 2.91. The van der Waals surface area contributed by atoms with E-state index in [2.05, 4.69) is 60.7 Å². The molecule has 0 radical (unpaired) electrons. The van der Waals surface area contributed by atoms with Gasteiger partial charge in [0.05, 0.1) is 6.54 Å². The van der Waals surface area contributed by atoms with Gasteiger partial charge in [-0.3, -0.25) is 9.59 Å². The number of unbranched alkanes of at least 4 members (excludes halogenated alkanes) is 9. The summed E-state index contributed by atoms with van der Waals surface area (Å²) in [7, 11) is 0. The van der Waals surface area contributed by atoms with E-state index in [9.17, 15) is 9.59 Å². The highest BCUT2D eigenvalue weighted by Crippen LogP contribution is 2.33. The summed E-state index contributed by atoms with van der Waals surface area (Å²) < 4.78 is 0. The largest absolute Gasteiger partial charge is 0.338 e. The number of amides is 2. The molecule has 206 valence electrons. The third-order valence-electron chi connectivity index (χ3n) is 6.67. The molecule has 2 aromatic rings. The number of hydrogen-bond donors (Lipinski definition) is 2. The standard InChI is InChI=1S/C29H48N6O2/c1-7-8-9-10-11-12-13-14-15-16-20-35-33-28(32-34-35)27(30-23(6)36)29(37)31-26-24(21(2)3)18-17-19-25(26)22(4)5/h17-19,21-22,27H,7-16,20H2,1-6H3,(H,30,36)(H,31,37). The molecule has 2 rings (SSSR count). The Labute approximate surface area is 223 Å². The fourth-order valence-electron chi connectivity index (χ4n) is 4.55. The van der Waals surface area contributed by atoms with Gasteiger partial charge in [0.15, 0.2) is 6.04 Å². The highest BCUT2D eigenvalue weighted by atomic mass is 16.2. The van der Waals surface area contributed by atoms with Crippen LogP contribution < -0.4 is 10.6 Å². The fraction of sp³-hybridized carbons (Fsp3) is 0.690. The Kier molecular flexibility index (Phi) is 13.3. The smallest absolute Gasteiger partial charge is 0.255 e. The van der Waals surface area contributed by atoms with Crippen LogP contribution in [0.4, 0.5) is 5.69 Å². The Morgan fingerprint density at radius 3 is 1.92 bits per heavy atom. The monoisotopic (exact) mass is 512 g/mol. The van der Waals surface area contributed by atoms with Gasteiger partial charge in [-0.15, -0.1) is 10.2 Å². The van der Waals surface area contributed by atoms with Crippen molar-refractivity contribution in [2.24, 2.45) is 0 Å². The highest BCUT2D eigenvalue weighted by molar-refractivity contribution is 5.98. The first-order chi connectivity index (χ1) is 17.7. The van der Waals surface area contributed by atoms with Crippen molar-refractivity contribution < 1.29 is 9.59 Å². The zero-order valence-electron chi connectivity index (χ0n) is 23.8. The van der Waals surface area contributed by atoms with E-state index in [0.717, 1.165) is 29.7 Å². The number of nitrogens with zero attached hydrogens (tertiary/aromatic N) is 4. The Morgan fingerprint density at radius 1 is 0.865 bits per heavy atom. The van der Waals surface area contributed by atoms with Crippen LogP contribution >= 0.6 is 0 Å². The number of carbonyl (C=O) groups excluding carboxylic acids is 2. The van der Waals surface area contributed by atoms with Crippen LogP contribution in [0.2, 0.25) is 0 Å². The molecule has 0 spiro atoms. The average Bonchev–Trinajstić information content (AvgIpc) is 3.31. The topological polar surface area (TPSA) is 102 Å². The van der Waals surface area contributed by atoms with Gasteiger partial charge in [-0.2, -0.15) is 4.80 Å². The average molecular weight is 513 g/mol. The summed E-state index contributed by atoms with van der Waals surface area (Å²) in [6.45, 7) is 12.7. The van der Waals surface area contributed by atoms with E-state index < -0.39 is 6.04 Å². The number of carbonyl (C=O) groups is 2. The van der Waals surface area contributed by atoms with Crippen molar-refractivity contribution in [1.82, 2.24) is 25.5 Å². The van der Waals surface area contributed by atoms with Crippen molar-refractivity contribution in [3.05, 3.63) is 35.2 Å². The molecule has 0 aliphatic heterocycles. The van der Waals surface area contributed by atoms with Crippen molar-refractivity contribution in [2.45, 2.75) is 130 Å². The number of aromatic nitrogens is 4. The second-order valence-electron chi connectivity index (χ2n) is 10.7. The lowest BCUT2D eigenvalue weighted by Crippen LogP contribution is -2.37. The molecule has 8 heteroatoms. The minimum atomic E-state index is -1.01. The molecule has 0 fully saturated rings. The number of hydrogen-bond acceptors (Lipinski definition) is 5. The van der Waals surface area contributed by atoms with Crippen molar-refractivity contribution in [3.8, 4) is 0 Å². The second-order valence-corrected chi connectivity index (χ2v) is 10.7. The predicted octanol–water partition coefficient (Wildman–Crippen LogP) is 6.66. The number of tetrazole rings is 1. The molecule has 37 heavy (non-hydrogen) atoms. The van der Waals surface area contributed by atoms with Gasteiger partial charge < -0.3 is 10.6 Å². The summed E-state index contributed by atoms with van der Waals surface area (Å²) in [6, 6.07) is 5.06. The van der Waals surface area contributed by atoms with Gasteiger partial charge in [0, 0.05) is 12.6 Å². The molecule has 0 bridgehead atoms. The SMILES string of the molecule is CCCCCCCCCCCCn1nnc(C(NC(C)=O)C(=O)Nc2c(C(C)C)cccc2C(C)C)n1. The summed E-state index contributed by atoms with van der Waals surface area (Å²) in [5.74, 6) is -0.0365. The van der Waals surface area contributed by atoms with Gasteiger partial charge in [-0.05, 0) is 34.6 Å². The van der Waals surface area contributed by atoms with Crippen molar-refractivity contribution in [3.63, 3.8) is 0 Å². The quantitative estimate of drug-likeness (QED) is 0.231. The van der Waals surface area contributed by atoms with Gasteiger partial charge in [-0.25, -0.2) is 0 Å². The van der Waals surface area contributed by atoms with Crippen molar-refractivity contribution in [1.29, 1.82) is 0 Å². The summed E-state index contributed by atoms with van der Waals surface area (Å²) >= 11 is 0.